The first-order valence-electron chi connectivity index (χ1n) is 7.82. The van der Waals surface area contributed by atoms with Crippen LogP contribution < -0.4 is 10.1 Å². The van der Waals surface area contributed by atoms with E-state index >= 15 is 0 Å². The van der Waals surface area contributed by atoms with Crippen molar-refractivity contribution in [3.05, 3.63) is 23.4 Å². The Balaban J connectivity index is 1.76. The Labute approximate surface area is 122 Å². The zero-order chi connectivity index (χ0) is 14.2. The lowest BCUT2D eigenvalue weighted by Gasteiger charge is -2.26. The summed E-state index contributed by atoms with van der Waals surface area (Å²) in [6, 6.07) is 4.09. The van der Waals surface area contributed by atoms with Gasteiger partial charge in [0.2, 0.25) is 5.88 Å². The molecule has 1 aromatic heterocycles. The van der Waals surface area contributed by atoms with Crippen LogP contribution >= 0.6 is 0 Å². The molecule has 1 aromatic rings. The number of ether oxygens (including phenoxy) is 1. The van der Waals surface area contributed by atoms with Crippen molar-refractivity contribution in [2.45, 2.75) is 39.7 Å². The second-order valence-corrected chi connectivity index (χ2v) is 5.43. The number of piperidine rings is 1. The molecule has 0 bridgehead atoms. The van der Waals surface area contributed by atoms with Crippen LogP contribution in [0, 0.1) is 6.92 Å². The van der Waals surface area contributed by atoms with E-state index in [1.165, 1.54) is 37.9 Å². The number of aryl methyl sites for hydroxylation is 1. The Morgan fingerprint density at radius 1 is 1.25 bits per heavy atom. The van der Waals surface area contributed by atoms with Gasteiger partial charge >= 0.3 is 0 Å². The zero-order valence-corrected chi connectivity index (χ0v) is 12.8. The van der Waals surface area contributed by atoms with Crippen molar-refractivity contribution in [2.24, 2.45) is 0 Å². The standard InChI is InChI=1S/C16H27N3O/c1-3-17-13-15-7-8-16(18-14(15)2)20-12-11-19-9-5-4-6-10-19/h7-8,17H,3-6,9-13H2,1-2H3. The van der Waals surface area contributed by atoms with Crippen LogP contribution in [0.2, 0.25) is 0 Å². The van der Waals surface area contributed by atoms with Gasteiger partial charge in [-0.2, -0.15) is 0 Å². The predicted octanol–water partition coefficient (Wildman–Crippen LogP) is 2.36. The number of pyridine rings is 1. The molecule has 1 N–H and O–H groups in total. The minimum absolute atomic E-state index is 0.735. The number of rotatable bonds is 7. The van der Waals surface area contributed by atoms with Gasteiger partial charge in [-0.1, -0.05) is 19.4 Å². The third-order valence-electron chi connectivity index (χ3n) is 3.84. The Morgan fingerprint density at radius 3 is 2.75 bits per heavy atom. The highest BCUT2D eigenvalue weighted by molar-refractivity contribution is 5.24. The van der Waals surface area contributed by atoms with Gasteiger partial charge in [0.25, 0.3) is 0 Å². The SMILES string of the molecule is CCNCc1ccc(OCCN2CCCCC2)nc1C. The predicted molar refractivity (Wildman–Crippen MR) is 82.1 cm³/mol. The highest BCUT2D eigenvalue weighted by Gasteiger charge is 2.09. The van der Waals surface area contributed by atoms with Crippen LogP contribution in [0.1, 0.15) is 37.4 Å². The van der Waals surface area contributed by atoms with E-state index in [1.807, 2.05) is 13.0 Å². The Bertz CT molecular complexity index is 403. The van der Waals surface area contributed by atoms with Gasteiger partial charge in [-0.15, -0.1) is 0 Å². The van der Waals surface area contributed by atoms with Gasteiger partial charge in [0.1, 0.15) is 6.61 Å². The first kappa shape index (κ1) is 15.3. The number of likely N-dealkylation sites (tertiary alicyclic amines) is 1. The Morgan fingerprint density at radius 2 is 2.05 bits per heavy atom. The van der Waals surface area contributed by atoms with Crippen molar-refractivity contribution in [2.75, 3.05) is 32.8 Å². The Hall–Kier alpha value is -1.13. The van der Waals surface area contributed by atoms with Crippen LogP contribution in [-0.2, 0) is 6.54 Å². The van der Waals surface area contributed by atoms with Gasteiger partial charge in [0.05, 0.1) is 0 Å². The van der Waals surface area contributed by atoms with Gasteiger partial charge in [0, 0.05) is 24.8 Å². The molecular formula is C16H27N3O. The topological polar surface area (TPSA) is 37.4 Å². The van der Waals surface area contributed by atoms with E-state index in [9.17, 15) is 0 Å². The maximum atomic E-state index is 5.78. The van der Waals surface area contributed by atoms with E-state index in [-0.39, 0.29) is 0 Å². The maximum Gasteiger partial charge on any atom is 0.213 e. The second-order valence-electron chi connectivity index (χ2n) is 5.43. The molecule has 0 unspecified atom stereocenters. The molecule has 0 spiro atoms. The van der Waals surface area contributed by atoms with Crippen LogP contribution in [0.25, 0.3) is 0 Å². The van der Waals surface area contributed by atoms with Gasteiger partial charge in [-0.25, -0.2) is 4.98 Å². The molecule has 1 fully saturated rings. The molecule has 0 saturated carbocycles. The molecular weight excluding hydrogens is 250 g/mol. The third-order valence-corrected chi connectivity index (χ3v) is 3.84. The molecule has 2 heterocycles. The molecule has 4 nitrogen and oxygen atoms in total. The second kappa shape index (κ2) is 8.22. The Kier molecular flexibility index (Phi) is 6.27. The van der Waals surface area contributed by atoms with Crippen molar-refractivity contribution < 1.29 is 4.74 Å². The van der Waals surface area contributed by atoms with Crippen molar-refractivity contribution in [3.8, 4) is 5.88 Å². The average Bonchev–Trinajstić information content (AvgIpc) is 2.47. The fraction of sp³-hybridized carbons (Fsp3) is 0.688. The van der Waals surface area contributed by atoms with Gasteiger partial charge in [-0.3, -0.25) is 4.90 Å². The van der Waals surface area contributed by atoms with Gasteiger partial charge in [0.15, 0.2) is 0 Å². The van der Waals surface area contributed by atoms with Crippen molar-refractivity contribution in [1.82, 2.24) is 15.2 Å². The van der Waals surface area contributed by atoms with Crippen molar-refractivity contribution >= 4 is 0 Å². The first-order chi connectivity index (χ1) is 9.79. The minimum Gasteiger partial charge on any atom is -0.476 e. The van der Waals surface area contributed by atoms with Crippen LogP contribution in [0.3, 0.4) is 0 Å². The molecule has 0 aliphatic carbocycles. The number of aromatic nitrogens is 1. The van der Waals surface area contributed by atoms with Crippen molar-refractivity contribution in [1.29, 1.82) is 0 Å². The molecule has 0 aromatic carbocycles. The van der Waals surface area contributed by atoms with Crippen molar-refractivity contribution in [3.63, 3.8) is 0 Å². The average molecular weight is 277 g/mol. The lowest BCUT2D eigenvalue weighted by atomic mass is 10.1. The highest BCUT2D eigenvalue weighted by Crippen LogP contribution is 2.13. The summed E-state index contributed by atoms with van der Waals surface area (Å²) in [6.45, 7) is 10.2. The molecule has 1 aliphatic heterocycles. The molecule has 0 amide bonds. The first-order valence-corrected chi connectivity index (χ1v) is 7.82. The summed E-state index contributed by atoms with van der Waals surface area (Å²) in [4.78, 5) is 7.01. The molecule has 0 radical (unpaired) electrons. The molecule has 0 atom stereocenters. The van der Waals surface area contributed by atoms with E-state index < -0.39 is 0 Å². The summed E-state index contributed by atoms with van der Waals surface area (Å²) in [5, 5.41) is 3.32. The van der Waals surface area contributed by atoms with Crippen LogP contribution in [0.15, 0.2) is 12.1 Å². The summed E-state index contributed by atoms with van der Waals surface area (Å²) in [5.74, 6) is 0.750. The molecule has 1 aliphatic rings. The van der Waals surface area contributed by atoms with Crippen LogP contribution in [-0.4, -0.2) is 42.7 Å². The van der Waals surface area contributed by atoms with Gasteiger partial charge < -0.3 is 10.1 Å². The number of nitrogens with one attached hydrogen (secondary N) is 1. The largest absolute Gasteiger partial charge is 0.476 e. The van der Waals surface area contributed by atoms with E-state index in [2.05, 4.69) is 28.2 Å². The minimum atomic E-state index is 0.735. The van der Waals surface area contributed by atoms with Crippen LogP contribution in [0.5, 0.6) is 5.88 Å². The highest BCUT2D eigenvalue weighted by atomic mass is 16.5. The molecule has 4 heteroatoms. The normalized spacial score (nSPS) is 16.3. The van der Waals surface area contributed by atoms with E-state index in [0.29, 0.717) is 0 Å². The van der Waals surface area contributed by atoms with Gasteiger partial charge in [-0.05, 0) is 45.0 Å². The summed E-state index contributed by atoms with van der Waals surface area (Å²) in [7, 11) is 0. The summed E-state index contributed by atoms with van der Waals surface area (Å²) in [6.07, 6.45) is 4.04. The molecule has 1 saturated heterocycles. The summed E-state index contributed by atoms with van der Waals surface area (Å²) < 4.78 is 5.78. The van der Waals surface area contributed by atoms with E-state index in [4.69, 9.17) is 4.74 Å². The smallest absolute Gasteiger partial charge is 0.213 e. The maximum absolute atomic E-state index is 5.78. The van der Waals surface area contributed by atoms with E-state index in [1.54, 1.807) is 0 Å². The monoisotopic (exact) mass is 277 g/mol. The number of hydrogen-bond donors (Lipinski definition) is 1. The zero-order valence-electron chi connectivity index (χ0n) is 12.8. The third kappa shape index (κ3) is 4.76. The molecule has 2 rings (SSSR count). The number of hydrogen-bond acceptors (Lipinski definition) is 4. The lowest BCUT2D eigenvalue weighted by molar-refractivity contribution is 0.180. The van der Waals surface area contributed by atoms with Crippen LogP contribution in [0.4, 0.5) is 0 Å². The van der Waals surface area contributed by atoms with E-state index in [0.717, 1.165) is 37.8 Å². The molecule has 112 valence electrons. The lowest BCUT2D eigenvalue weighted by Crippen LogP contribution is -2.33. The summed E-state index contributed by atoms with van der Waals surface area (Å²) in [5.41, 5.74) is 2.30. The fourth-order valence-corrected chi connectivity index (χ4v) is 2.56. The number of nitrogens with zero attached hydrogens (tertiary/aromatic N) is 2. The molecule has 20 heavy (non-hydrogen) atoms. The quantitative estimate of drug-likeness (QED) is 0.830. The fourth-order valence-electron chi connectivity index (χ4n) is 2.56. The summed E-state index contributed by atoms with van der Waals surface area (Å²) >= 11 is 0.